The molecule has 0 fully saturated rings. The van der Waals surface area contributed by atoms with E-state index in [1.54, 1.807) is 0 Å². The van der Waals surface area contributed by atoms with Crippen molar-refractivity contribution in [3.63, 3.8) is 0 Å². The highest BCUT2D eigenvalue weighted by Crippen LogP contribution is 2.24. The maximum absolute atomic E-state index is 11.7. The van der Waals surface area contributed by atoms with Gasteiger partial charge in [-0.25, -0.2) is 4.98 Å². The first kappa shape index (κ1) is 10.9. The van der Waals surface area contributed by atoms with Crippen molar-refractivity contribution in [1.29, 1.82) is 0 Å². The number of carboxylic acids is 1. The van der Waals surface area contributed by atoms with E-state index in [4.69, 9.17) is 5.11 Å². The highest BCUT2D eigenvalue weighted by atomic mass is 16.4. The summed E-state index contributed by atoms with van der Waals surface area (Å²) in [4.78, 5) is 27.1. The summed E-state index contributed by atoms with van der Waals surface area (Å²) in [6.07, 6.45) is 1.93. The van der Waals surface area contributed by atoms with Crippen LogP contribution in [0.15, 0.2) is 10.9 Å². The third kappa shape index (κ3) is 1.73. The lowest BCUT2D eigenvalue weighted by atomic mass is 9.98. The number of aryl methyl sites for hydroxylation is 1. The molecule has 1 aliphatic rings. The van der Waals surface area contributed by atoms with Crippen molar-refractivity contribution in [1.82, 2.24) is 9.55 Å². The third-order valence-corrected chi connectivity index (χ3v) is 2.94. The van der Waals surface area contributed by atoms with Crippen molar-refractivity contribution in [2.24, 2.45) is 0 Å². The van der Waals surface area contributed by atoms with Gasteiger partial charge in [0.15, 0.2) is 0 Å². The second kappa shape index (κ2) is 4.08. The second-order valence-electron chi connectivity index (χ2n) is 3.98. The molecule has 0 radical (unpaired) electrons. The van der Waals surface area contributed by atoms with Gasteiger partial charge >= 0.3 is 5.97 Å². The van der Waals surface area contributed by atoms with Crippen LogP contribution in [0.4, 0.5) is 0 Å². The summed E-state index contributed by atoms with van der Waals surface area (Å²) in [5, 5.41) is 9.08. The monoisotopic (exact) mass is 222 g/mol. The van der Waals surface area contributed by atoms with Gasteiger partial charge in [0.2, 0.25) is 0 Å². The van der Waals surface area contributed by atoms with Crippen LogP contribution in [-0.2, 0) is 17.8 Å². The maximum atomic E-state index is 11.7. The molecular formula is C11H14N2O3. The zero-order valence-electron chi connectivity index (χ0n) is 9.14. The Kier molecular flexibility index (Phi) is 2.77. The summed E-state index contributed by atoms with van der Waals surface area (Å²) in [5.41, 5.74) is 0.539. The Hall–Kier alpha value is -1.65. The minimum atomic E-state index is -0.895. The Morgan fingerprint density at radius 3 is 3.06 bits per heavy atom. The first-order valence-electron chi connectivity index (χ1n) is 5.47. The number of carboxylic acid groups (broad SMARTS) is 1. The van der Waals surface area contributed by atoms with Gasteiger partial charge in [0.05, 0.1) is 0 Å². The first-order chi connectivity index (χ1) is 7.63. The lowest BCUT2D eigenvalue weighted by Crippen LogP contribution is -2.33. The molecular weight excluding hydrogens is 208 g/mol. The summed E-state index contributed by atoms with van der Waals surface area (Å²) < 4.78 is 1.49. The number of hydrogen-bond acceptors (Lipinski definition) is 3. The predicted molar refractivity (Wildman–Crippen MR) is 57.5 cm³/mol. The molecule has 0 aromatic carbocycles. The lowest BCUT2D eigenvalue weighted by Gasteiger charge is -2.23. The Morgan fingerprint density at radius 2 is 2.44 bits per heavy atom. The molecule has 5 heteroatoms. The molecule has 1 atom stereocenters. The summed E-state index contributed by atoms with van der Waals surface area (Å²) in [5.74, 6) is -1.11. The van der Waals surface area contributed by atoms with Gasteiger partial charge in [0.1, 0.15) is 11.7 Å². The molecule has 0 amide bonds. The number of hydrogen-bond donors (Lipinski definition) is 1. The number of rotatable bonds is 2. The molecule has 5 nitrogen and oxygen atoms in total. The minimum Gasteiger partial charge on any atom is -0.481 e. The summed E-state index contributed by atoms with van der Waals surface area (Å²) in [6.45, 7) is 2.48. The summed E-state index contributed by atoms with van der Waals surface area (Å²) in [7, 11) is 0. The van der Waals surface area contributed by atoms with E-state index in [2.05, 4.69) is 4.98 Å². The first-order valence-corrected chi connectivity index (χ1v) is 5.47. The van der Waals surface area contributed by atoms with Gasteiger partial charge in [-0.05, 0) is 19.3 Å². The summed E-state index contributed by atoms with van der Waals surface area (Å²) >= 11 is 0. The number of nitrogens with zero attached hydrogens (tertiary/aromatic N) is 2. The molecule has 1 unspecified atom stereocenters. The van der Waals surface area contributed by atoms with Crippen molar-refractivity contribution in [3.05, 3.63) is 27.9 Å². The van der Waals surface area contributed by atoms with Crippen LogP contribution < -0.4 is 5.56 Å². The largest absolute Gasteiger partial charge is 0.481 e. The van der Waals surface area contributed by atoms with Crippen LogP contribution >= 0.6 is 0 Å². The highest BCUT2D eigenvalue weighted by molar-refractivity contribution is 5.75. The average molecular weight is 222 g/mol. The molecule has 0 aliphatic carbocycles. The summed E-state index contributed by atoms with van der Waals surface area (Å²) in [6, 6.07) is 1.49. The van der Waals surface area contributed by atoms with E-state index in [9.17, 15) is 9.59 Å². The number of fused-ring (bicyclic) bond motifs is 1. The van der Waals surface area contributed by atoms with Gasteiger partial charge in [-0.3, -0.25) is 14.2 Å². The van der Waals surface area contributed by atoms with Crippen LogP contribution in [0.3, 0.4) is 0 Å². The van der Waals surface area contributed by atoms with E-state index >= 15 is 0 Å². The van der Waals surface area contributed by atoms with E-state index in [0.29, 0.717) is 30.9 Å². The van der Waals surface area contributed by atoms with Crippen molar-refractivity contribution >= 4 is 5.97 Å². The standard InChI is InChI=1S/C11H14N2O3/c1-2-7-6-9(14)13-5-3-4-8(11(15)16)10(13)12-7/h6,8H,2-5H2,1H3,(H,15,16). The Bertz CT molecular complexity index is 479. The number of carbonyl (C=O) groups is 1. The Balaban J connectivity index is 2.58. The molecule has 86 valence electrons. The van der Waals surface area contributed by atoms with E-state index in [0.717, 1.165) is 6.42 Å². The van der Waals surface area contributed by atoms with E-state index < -0.39 is 11.9 Å². The zero-order chi connectivity index (χ0) is 11.7. The predicted octanol–water partition coefficient (Wildman–Crippen LogP) is 0.768. The van der Waals surface area contributed by atoms with Gasteiger partial charge < -0.3 is 5.11 Å². The van der Waals surface area contributed by atoms with Gasteiger partial charge in [-0.2, -0.15) is 0 Å². The fourth-order valence-electron chi connectivity index (χ4n) is 2.06. The van der Waals surface area contributed by atoms with Crippen LogP contribution in [0.25, 0.3) is 0 Å². The van der Waals surface area contributed by atoms with Crippen LogP contribution in [0.1, 0.15) is 37.2 Å². The quantitative estimate of drug-likeness (QED) is 0.802. The maximum Gasteiger partial charge on any atom is 0.314 e. The molecule has 0 saturated carbocycles. The fraction of sp³-hybridized carbons (Fsp3) is 0.545. The van der Waals surface area contributed by atoms with Gasteiger partial charge in [0, 0.05) is 18.3 Å². The molecule has 1 N–H and O–H groups in total. The number of aliphatic carboxylic acids is 1. The number of aromatic nitrogens is 2. The molecule has 0 spiro atoms. The molecule has 0 saturated heterocycles. The van der Waals surface area contributed by atoms with Crippen LogP contribution in [0.5, 0.6) is 0 Å². The van der Waals surface area contributed by atoms with Crippen LogP contribution in [-0.4, -0.2) is 20.6 Å². The fourth-order valence-corrected chi connectivity index (χ4v) is 2.06. The average Bonchev–Trinajstić information content (AvgIpc) is 2.28. The topological polar surface area (TPSA) is 72.2 Å². The SMILES string of the molecule is CCc1cc(=O)n2c(n1)C(C(=O)O)CCC2. The van der Waals surface area contributed by atoms with E-state index in [-0.39, 0.29) is 5.56 Å². The molecule has 2 rings (SSSR count). The molecule has 1 aromatic rings. The van der Waals surface area contributed by atoms with Gasteiger partial charge in [0.25, 0.3) is 5.56 Å². The van der Waals surface area contributed by atoms with Gasteiger partial charge in [-0.1, -0.05) is 6.92 Å². The second-order valence-corrected chi connectivity index (χ2v) is 3.98. The van der Waals surface area contributed by atoms with Gasteiger partial charge in [-0.15, -0.1) is 0 Å². The van der Waals surface area contributed by atoms with Crippen molar-refractivity contribution in [2.45, 2.75) is 38.6 Å². The molecule has 2 heterocycles. The normalized spacial score (nSPS) is 19.2. The van der Waals surface area contributed by atoms with Crippen molar-refractivity contribution in [2.75, 3.05) is 0 Å². The lowest BCUT2D eigenvalue weighted by molar-refractivity contribution is -0.139. The highest BCUT2D eigenvalue weighted by Gasteiger charge is 2.28. The smallest absolute Gasteiger partial charge is 0.314 e. The minimum absolute atomic E-state index is 0.132. The third-order valence-electron chi connectivity index (χ3n) is 2.94. The van der Waals surface area contributed by atoms with Crippen molar-refractivity contribution < 1.29 is 9.90 Å². The zero-order valence-corrected chi connectivity index (χ0v) is 9.14. The van der Waals surface area contributed by atoms with Crippen molar-refractivity contribution in [3.8, 4) is 0 Å². The van der Waals surface area contributed by atoms with Crippen LogP contribution in [0.2, 0.25) is 0 Å². The van der Waals surface area contributed by atoms with E-state index in [1.807, 2.05) is 6.92 Å². The van der Waals surface area contributed by atoms with Crippen LogP contribution in [0, 0.1) is 0 Å². The molecule has 0 bridgehead atoms. The Labute approximate surface area is 92.7 Å². The molecule has 1 aliphatic heterocycles. The molecule has 1 aromatic heterocycles. The molecule has 16 heavy (non-hydrogen) atoms. The van der Waals surface area contributed by atoms with E-state index in [1.165, 1.54) is 10.6 Å². The Morgan fingerprint density at radius 1 is 1.69 bits per heavy atom.